The first-order chi connectivity index (χ1) is 13.5. The highest BCUT2D eigenvalue weighted by Gasteiger charge is 2.30. The number of hydrogen-bond donors (Lipinski definition) is 1. The van der Waals surface area contributed by atoms with E-state index >= 15 is 0 Å². The number of benzene rings is 3. The van der Waals surface area contributed by atoms with Crippen LogP contribution in [0.2, 0.25) is 0 Å². The molecule has 1 amide bonds. The molecule has 0 radical (unpaired) electrons. The first-order valence-corrected chi connectivity index (χ1v) is 9.08. The molecule has 1 N–H and O–H groups in total. The molecule has 3 aromatic rings. The van der Waals surface area contributed by atoms with Crippen molar-refractivity contribution < 1.29 is 14.3 Å². The molecule has 1 heterocycles. The summed E-state index contributed by atoms with van der Waals surface area (Å²) >= 11 is 0. The molecule has 140 valence electrons. The van der Waals surface area contributed by atoms with Crippen molar-refractivity contribution in [3.63, 3.8) is 0 Å². The Bertz CT molecular complexity index is 1090. The number of esters is 1. The maximum atomic E-state index is 12.3. The molecule has 0 fully saturated rings. The summed E-state index contributed by atoms with van der Waals surface area (Å²) in [5.41, 5.74) is 5.70. The third kappa shape index (κ3) is 3.22. The molecule has 0 bridgehead atoms. The maximum Gasteiger partial charge on any atom is 0.308 e. The molecule has 0 saturated heterocycles. The van der Waals surface area contributed by atoms with Crippen molar-refractivity contribution in [3.05, 3.63) is 83.9 Å². The van der Waals surface area contributed by atoms with Gasteiger partial charge in [-0.05, 0) is 28.5 Å². The van der Waals surface area contributed by atoms with Gasteiger partial charge in [-0.1, -0.05) is 60.7 Å². The van der Waals surface area contributed by atoms with Crippen molar-refractivity contribution in [2.75, 3.05) is 0 Å². The van der Waals surface area contributed by atoms with Crippen LogP contribution in [0.3, 0.4) is 0 Å². The lowest BCUT2D eigenvalue weighted by Crippen LogP contribution is -2.37. The van der Waals surface area contributed by atoms with Gasteiger partial charge in [0.1, 0.15) is 5.75 Å². The molecule has 1 atom stereocenters. The van der Waals surface area contributed by atoms with Crippen LogP contribution in [0.5, 0.6) is 5.75 Å². The van der Waals surface area contributed by atoms with Crippen LogP contribution in [-0.2, 0) is 9.59 Å². The summed E-state index contributed by atoms with van der Waals surface area (Å²) in [4.78, 5) is 23.9. The topological polar surface area (TPSA) is 58.6 Å². The number of nitrogens with zero attached hydrogens (tertiary/aromatic N) is 1. The maximum absolute atomic E-state index is 12.3. The number of ether oxygens (including phenoxy) is 1. The Hall–Kier alpha value is -3.60. The van der Waals surface area contributed by atoms with E-state index in [0.717, 1.165) is 27.6 Å². The van der Waals surface area contributed by atoms with E-state index in [9.17, 15) is 9.59 Å². The predicted molar refractivity (Wildman–Crippen MR) is 108 cm³/mol. The number of carbonyl (C=O) groups excluding carboxylic acids is 2. The summed E-state index contributed by atoms with van der Waals surface area (Å²) < 4.78 is 5.48. The second-order valence-electron chi connectivity index (χ2n) is 6.69. The second kappa shape index (κ2) is 7.19. The van der Waals surface area contributed by atoms with Gasteiger partial charge < -0.3 is 4.74 Å². The molecule has 0 spiro atoms. The summed E-state index contributed by atoms with van der Waals surface area (Å²) in [6.07, 6.45) is 1.99. The fourth-order valence-corrected chi connectivity index (χ4v) is 3.55. The number of rotatable bonds is 3. The summed E-state index contributed by atoms with van der Waals surface area (Å²) in [6.45, 7) is 2.90. The van der Waals surface area contributed by atoms with E-state index in [1.54, 1.807) is 11.1 Å². The van der Waals surface area contributed by atoms with Crippen LogP contribution < -0.4 is 10.2 Å². The van der Waals surface area contributed by atoms with Gasteiger partial charge >= 0.3 is 5.97 Å². The van der Waals surface area contributed by atoms with E-state index in [4.69, 9.17) is 4.74 Å². The number of hydrazine groups is 1. The minimum absolute atomic E-state index is 0.102. The van der Waals surface area contributed by atoms with Gasteiger partial charge in [-0.25, -0.2) is 5.01 Å². The van der Waals surface area contributed by atoms with Gasteiger partial charge in [0.2, 0.25) is 5.91 Å². The minimum atomic E-state index is -0.391. The van der Waals surface area contributed by atoms with E-state index in [1.807, 2.05) is 66.7 Å². The molecule has 28 heavy (non-hydrogen) atoms. The van der Waals surface area contributed by atoms with Crippen molar-refractivity contribution in [2.24, 2.45) is 0 Å². The molecule has 4 rings (SSSR count). The van der Waals surface area contributed by atoms with Crippen molar-refractivity contribution in [1.29, 1.82) is 0 Å². The molecular weight excluding hydrogens is 352 g/mol. The Labute approximate surface area is 163 Å². The molecule has 5 heteroatoms. The van der Waals surface area contributed by atoms with Crippen LogP contribution in [0.15, 0.2) is 72.8 Å². The van der Waals surface area contributed by atoms with Crippen LogP contribution in [0.25, 0.3) is 16.5 Å². The number of carbonyl (C=O) groups is 2. The average Bonchev–Trinajstić information content (AvgIpc) is 3.13. The number of hydrogen-bond acceptors (Lipinski definition) is 4. The highest BCUT2D eigenvalue weighted by atomic mass is 16.5. The third-order valence-electron chi connectivity index (χ3n) is 4.74. The van der Waals surface area contributed by atoms with Gasteiger partial charge in [0.05, 0.1) is 11.7 Å². The zero-order valence-electron chi connectivity index (χ0n) is 15.7. The van der Waals surface area contributed by atoms with Gasteiger partial charge in [0.15, 0.2) is 0 Å². The molecule has 0 aliphatic carbocycles. The van der Waals surface area contributed by atoms with Crippen LogP contribution in [0.4, 0.5) is 0 Å². The Balaban J connectivity index is 1.89. The van der Waals surface area contributed by atoms with Crippen LogP contribution in [0, 0.1) is 0 Å². The minimum Gasteiger partial charge on any atom is -0.426 e. The van der Waals surface area contributed by atoms with Crippen molar-refractivity contribution in [1.82, 2.24) is 10.4 Å². The quantitative estimate of drug-likeness (QED) is 0.553. The number of fused-ring (bicyclic) bond motifs is 1. The number of amides is 1. The van der Waals surface area contributed by atoms with E-state index in [-0.39, 0.29) is 11.9 Å². The molecule has 1 aliphatic rings. The molecule has 0 saturated carbocycles. The van der Waals surface area contributed by atoms with E-state index in [0.29, 0.717) is 5.75 Å². The molecule has 0 aromatic heterocycles. The first-order valence-electron chi connectivity index (χ1n) is 9.08. The van der Waals surface area contributed by atoms with Crippen molar-refractivity contribution >= 4 is 28.3 Å². The average molecular weight is 372 g/mol. The van der Waals surface area contributed by atoms with Crippen molar-refractivity contribution in [3.8, 4) is 5.75 Å². The Morgan fingerprint density at radius 1 is 0.929 bits per heavy atom. The normalized spacial score (nSPS) is 15.9. The molecular formula is C23H20N2O3. The second-order valence-corrected chi connectivity index (χ2v) is 6.69. The lowest BCUT2D eigenvalue weighted by Gasteiger charge is -2.24. The van der Waals surface area contributed by atoms with E-state index < -0.39 is 5.97 Å². The molecule has 0 unspecified atom stereocenters. The fourth-order valence-electron chi connectivity index (χ4n) is 3.55. The van der Waals surface area contributed by atoms with Gasteiger partial charge in [-0.3, -0.25) is 15.0 Å². The van der Waals surface area contributed by atoms with E-state index in [2.05, 4.69) is 5.43 Å². The monoisotopic (exact) mass is 372 g/mol. The summed E-state index contributed by atoms with van der Waals surface area (Å²) in [6, 6.07) is 21.1. The summed E-state index contributed by atoms with van der Waals surface area (Å²) in [7, 11) is 0. The van der Waals surface area contributed by atoms with Crippen molar-refractivity contribution in [2.45, 2.75) is 19.9 Å². The highest BCUT2D eigenvalue weighted by Crippen LogP contribution is 2.38. The SMILES string of the molecule is CC(=O)Oc1ccc2ccccc2c1C1=C[C@@H](c2ccccc2)N(C(C)=O)N1. The van der Waals surface area contributed by atoms with Crippen LogP contribution in [0.1, 0.15) is 31.0 Å². The smallest absolute Gasteiger partial charge is 0.308 e. The fraction of sp³-hybridized carbons (Fsp3) is 0.130. The largest absolute Gasteiger partial charge is 0.426 e. The summed E-state index contributed by atoms with van der Waals surface area (Å²) in [5, 5.41) is 3.55. The zero-order chi connectivity index (χ0) is 19.7. The van der Waals surface area contributed by atoms with Crippen LogP contribution >= 0.6 is 0 Å². The number of nitrogens with one attached hydrogen (secondary N) is 1. The lowest BCUT2D eigenvalue weighted by atomic mass is 9.99. The van der Waals surface area contributed by atoms with Gasteiger partial charge in [0.25, 0.3) is 0 Å². The van der Waals surface area contributed by atoms with Crippen LogP contribution in [-0.4, -0.2) is 16.9 Å². The predicted octanol–water partition coefficient (Wildman–Crippen LogP) is 4.21. The molecule has 3 aromatic carbocycles. The first kappa shape index (κ1) is 17.8. The molecule has 1 aliphatic heterocycles. The summed E-state index contributed by atoms with van der Waals surface area (Å²) in [5.74, 6) is -0.0327. The van der Waals surface area contributed by atoms with Gasteiger partial charge in [-0.2, -0.15) is 0 Å². The van der Waals surface area contributed by atoms with Gasteiger partial charge in [0, 0.05) is 19.4 Å². The Morgan fingerprint density at radius 2 is 1.64 bits per heavy atom. The Kier molecular flexibility index (Phi) is 4.57. The zero-order valence-corrected chi connectivity index (χ0v) is 15.7. The van der Waals surface area contributed by atoms with Gasteiger partial charge in [-0.15, -0.1) is 0 Å². The van der Waals surface area contributed by atoms with E-state index in [1.165, 1.54) is 13.8 Å². The highest BCUT2D eigenvalue weighted by molar-refractivity contribution is 5.98. The Morgan fingerprint density at radius 3 is 2.36 bits per heavy atom. The lowest BCUT2D eigenvalue weighted by molar-refractivity contribution is -0.133. The molecule has 5 nitrogen and oxygen atoms in total. The standard InChI is InChI=1S/C23H20N2O3/c1-15(26)25-21(18-9-4-3-5-10-18)14-20(24-25)23-19-11-7-6-8-17(19)12-13-22(23)28-16(2)27/h3-14,21,24H,1-2H3/t21-/m0/s1. The third-order valence-corrected chi connectivity index (χ3v) is 4.74.